The molecule has 1 atom stereocenters. The van der Waals surface area contributed by atoms with Crippen LogP contribution in [-0.4, -0.2) is 30.5 Å². The quantitative estimate of drug-likeness (QED) is 0.332. The average molecular weight is 447 g/mol. The number of benzene rings is 3. The minimum Gasteiger partial charge on any atom is -0.507 e. The molecule has 6 nitrogen and oxygen atoms in total. The lowest BCUT2D eigenvalue weighted by Crippen LogP contribution is -2.29. The Morgan fingerprint density at radius 2 is 1.67 bits per heavy atom. The van der Waals surface area contributed by atoms with Gasteiger partial charge in [0.15, 0.2) is 0 Å². The Hall–Kier alpha value is -4.13. The molecule has 1 saturated heterocycles. The Kier molecular flexibility index (Phi) is 6.13. The van der Waals surface area contributed by atoms with Crippen molar-refractivity contribution in [2.24, 2.45) is 0 Å². The SMILES string of the molecule is CCOc1ccc(/C(O)=C2/C(=O)C(=O)N(c3ccc(F)cc3)C2c2ccccc2OC)cc1. The molecule has 0 aliphatic carbocycles. The summed E-state index contributed by atoms with van der Waals surface area (Å²) in [5.74, 6) is -1.42. The van der Waals surface area contributed by atoms with E-state index in [1.54, 1.807) is 48.5 Å². The first kappa shape index (κ1) is 22.1. The van der Waals surface area contributed by atoms with Gasteiger partial charge in [0.05, 0.1) is 25.3 Å². The number of halogens is 1. The smallest absolute Gasteiger partial charge is 0.300 e. The zero-order chi connectivity index (χ0) is 23.5. The zero-order valence-electron chi connectivity index (χ0n) is 18.1. The molecule has 1 unspecified atom stereocenters. The largest absolute Gasteiger partial charge is 0.507 e. The minimum atomic E-state index is -0.974. The normalized spacial score (nSPS) is 17.3. The van der Waals surface area contributed by atoms with Crippen LogP contribution >= 0.6 is 0 Å². The number of nitrogens with zero attached hydrogens (tertiary/aromatic N) is 1. The van der Waals surface area contributed by atoms with Gasteiger partial charge in [-0.15, -0.1) is 0 Å². The van der Waals surface area contributed by atoms with Crippen molar-refractivity contribution in [3.8, 4) is 11.5 Å². The maximum atomic E-state index is 13.6. The number of ether oxygens (including phenoxy) is 2. The van der Waals surface area contributed by atoms with Crippen molar-refractivity contribution in [3.63, 3.8) is 0 Å². The van der Waals surface area contributed by atoms with Crippen molar-refractivity contribution in [1.29, 1.82) is 0 Å². The number of hydrogen-bond acceptors (Lipinski definition) is 5. The van der Waals surface area contributed by atoms with Crippen molar-refractivity contribution in [2.75, 3.05) is 18.6 Å². The molecule has 0 aromatic heterocycles. The Balaban J connectivity index is 1.92. The van der Waals surface area contributed by atoms with Crippen LogP contribution in [0.4, 0.5) is 10.1 Å². The molecular formula is C26H22FNO5. The summed E-state index contributed by atoms with van der Waals surface area (Å²) in [5.41, 5.74) is 1.10. The number of hydrogen-bond donors (Lipinski definition) is 1. The van der Waals surface area contributed by atoms with Crippen LogP contribution in [0.1, 0.15) is 24.1 Å². The number of Topliss-reactive ketones (excluding diaryl/α,β-unsaturated/α-hetero) is 1. The van der Waals surface area contributed by atoms with E-state index in [1.165, 1.54) is 36.3 Å². The zero-order valence-corrected chi connectivity index (χ0v) is 18.1. The minimum absolute atomic E-state index is 0.0852. The molecule has 1 aliphatic heterocycles. The molecule has 168 valence electrons. The molecule has 1 aliphatic rings. The van der Waals surface area contributed by atoms with Crippen molar-refractivity contribution >= 4 is 23.1 Å². The van der Waals surface area contributed by atoms with E-state index < -0.39 is 23.5 Å². The highest BCUT2D eigenvalue weighted by Gasteiger charge is 2.47. The number of aliphatic hydroxyl groups excluding tert-OH is 1. The van der Waals surface area contributed by atoms with Crippen molar-refractivity contribution in [1.82, 2.24) is 0 Å². The molecular weight excluding hydrogens is 425 g/mol. The molecule has 1 heterocycles. The summed E-state index contributed by atoms with van der Waals surface area (Å²) in [6.07, 6.45) is 0. The summed E-state index contributed by atoms with van der Waals surface area (Å²) < 4.78 is 24.5. The lowest BCUT2D eigenvalue weighted by molar-refractivity contribution is -0.132. The number of anilines is 1. The van der Waals surface area contributed by atoms with Crippen molar-refractivity contribution < 1.29 is 28.6 Å². The Morgan fingerprint density at radius 3 is 2.30 bits per heavy atom. The topological polar surface area (TPSA) is 76.1 Å². The van der Waals surface area contributed by atoms with E-state index in [0.717, 1.165) is 0 Å². The first-order chi connectivity index (χ1) is 16.0. The molecule has 7 heteroatoms. The van der Waals surface area contributed by atoms with Gasteiger partial charge in [-0.2, -0.15) is 0 Å². The van der Waals surface area contributed by atoms with Crippen LogP contribution in [0.5, 0.6) is 11.5 Å². The van der Waals surface area contributed by atoms with E-state index in [4.69, 9.17) is 9.47 Å². The number of para-hydroxylation sites is 1. The van der Waals surface area contributed by atoms with Crippen LogP contribution in [0, 0.1) is 5.82 Å². The van der Waals surface area contributed by atoms with Gasteiger partial charge >= 0.3 is 0 Å². The van der Waals surface area contributed by atoms with Gasteiger partial charge in [0.2, 0.25) is 0 Å². The second-order valence-electron chi connectivity index (χ2n) is 7.34. The first-order valence-electron chi connectivity index (χ1n) is 10.4. The van der Waals surface area contributed by atoms with E-state index in [0.29, 0.717) is 34.9 Å². The first-order valence-corrected chi connectivity index (χ1v) is 10.4. The van der Waals surface area contributed by atoms with Gasteiger partial charge < -0.3 is 14.6 Å². The van der Waals surface area contributed by atoms with E-state index in [2.05, 4.69) is 0 Å². The van der Waals surface area contributed by atoms with Crippen LogP contribution < -0.4 is 14.4 Å². The van der Waals surface area contributed by atoms with Gasteiger partial charge in [-0.25, -0.2) is 4.39 Å². The van der Waals surface area contributed by atoms with Crippen molar-refractivity contribution in [3.05, 3.63) is 95.3 Å². The molecule has 33 heavy (non-hydrogen) atoms. The van der Waals surface area contributed by atoms with Gasteiger partial charge in [-0.1, -0.05) is 18.2 Å². The number of aliphatic hydroxyl groups is 1. The third kappa shape index (κ3) is 4.05. The predicted molar refractivity (Wildman–Crippen MR) is 122 cm³/mol. The molecule has 4 rings (SSSR count). The standard InChI is InChI=1S/C26H22FNO5/c1-3-33-19-14-8-16(9-15-19)24(29)22-23(20-6-4-5-7-21(20)32-2)28(26(31)25(22)30)18-12-10-17(27)11-13-18/h4-15,23,29H,3H2,1-2H3/b24-22-. The van der Waals surface area contributed by atoms with Gasteiger partial charge in [-0.3, -0.25) is 14.5 Å². The highest BCUT2D eigenvalue weighted by Crippen LogP contribution is 2.44. The van der Waals surface area contributed by atoms with Crippen LogP contribution in [0.2, 0.25) is 0 Å². The number of carbonyl (C=O) groups is 2. The highest BCUT2D eigenvalue weighted by atomic mass is 19.1. The maximum Gasteiger partial charge on any atom is 0.300 e. The summed E-state index contributed by atoms with van der Waals surface area (Å²) >= 11 is 0. The number of ketones is 1. The van der Waals surface area contributed by atoms with Gasteiger partial charge in [-0.05, 0) is 61.5 Å². The highest BCUT2D eigenvalue weighted by molar-refractivity contribution is 6.51. The van der Waals surface area contributed by atoms with Crippen molar-refractivity contribution in [2.45, 2.75) is 13.0 Å². The number of amides is 1. The number of rotatable bonds is 6. The fourth-order valence-corrected chi connectivity index (χ4v) is 3.92. The molecule has 0 spiro atoms. The predicted octanol–water partition coefficient (Wildman–Crippen LogP) is 4.86. The second-order valence-corrected chi connectivity index (χ2v) is 7.34. The van der Waals surface area contributed by atoms with E-state index in [1.807, 2.05) is 6.92 Å². The van der Waals surface area contributed by atoms with Crippen LogP contribution in [0.25, 0.3) is 5.76 Å². The number of carbonyl (C=O) groups excluding carboxylic acids is 2. The molecule has 1 N–H and O–H groups in total. The Morgan fingerprint density at radius 1 is 1.00 bits per heavy atom. The molecule has 1 fully saturated rings. The van der Waals surface area contributed by atoms with Crippen LogP contribution in [-0.2, 0) is 9.59 Å². The third-order valence-electron chi connectivity index (χ3n) is 5.42. The fraction of sp³-hybridized carbons (Fsp3) is 0.154. The van der Waals surface area contributed by atoms with Crippen LogP contribution in [0.3, 0.4) is 0 Å². The lowest BCUT2D eigenvalue weighted by atomic mass is 9.94. The fourth-order valence-electron chi connectivity index (χ4n) is 3.92. The summed E-state index contributed by atoms with van der Waals surface area (Å²) in [6, 6.07) is 17.8. The molecule has 0 saturated carbocycles. The molecule has 0 bridgehead atoms. The monoisotopic (exact) mass is 447 g/mol. The lowest BCUT2D eigenvalue weighted by Gasteiger charge is -2.26. The van der Waals surface area contributed by atoms with Crippen LogP contribution in [0.15, 0.2) is 78.4 Å². The van der Waals surface area contributed by atoms with E-state index >= 15 is 0 Å². The maximum absolute atomic E-state index is 13.6. The Bertz CT molecular complexity index is 1220. The molecule has 3 aromatic carbocycles. The van der Waals surface area contributed by atoms with Gasteiger partial charge in [0, 0.05) is 16.8 Å². The van der Waals surface area contributed by atoms with E-state index in [-0.39, 0.29) is 11.3 Å². The third-order valence-corrected chi connectivity index (χ3v) is 5.42. The van der Waals surface area contributed by atoms with Gasteiger partial charge in [0.1, 0.15) is 23.1 Å². The number of methoxy groups -OCH3 is 1. The van der Waals surface area contributed by atoms with E-state index in [9.17, 15) is 19.1 Å². The summed E-state index contributed by atoms with van der Waals surface area (Å²) in [6.45, 7) is 2.35. The molecule has 0 radical (unpaired) electrons. The average Bonchev–Trinajstić information content (AvgIpc) is 3.10. The summed E-state index contributed by atoms with van der Waals surface area (Å²) in [7, 11) is 1.48. The molecule has 3 aromatic rings. The summed E-state index contributed by atoms with van der Waals surface area (Å²) in [5, 5.41) is 11.2. The second kappa shape index (κ2) is 9.16. The Labute approximate surface area is 190 Å². The summed E-state index contributed by atoms with van der Waals surface area (Å²) in [4.78, 5) is 27.6. The molecule has 1 amide bonds. The van der Waals surface area contributed by atoms with Gasteiger partial charge in [0.25, 0.3) is 11.7 Å².